The van der Waals surface area contributed by atoms with Crippen LogP contribution in [0.3, 0.4) is 0 Å². The van der Waals surface area contributed by atoms with Gasteiger partial charge in [0, 0.05) is 25.2 Å². The number of aliphatic imine (C=N–C) groups is 1. The zero-order valence-corrected chi connectivity index (χ0v) is 14.4. The summed E-state index contributed by atoms with van der Waals surface area (Å²) in [6.07, 6.45) is 1.06. The van der Waals surface area contributed by atoms with Crippen LogP contribution < -0.4 is 21.7 Å². The van der Waals surface area contributed by atoms with E-state index in [-0.39, 0.29) is 36.4 Å². The summed E-state index contributed by atoms with van der Waals surface area (Å²) in [6.45, 7) is 2.25. The van der Waals surface area contributed by atoms with Crippen LogP contribution in [0.5, 0.6) is 0 Å². The van der Waals surface area contributed by atoms with Gasteiger partial charge in [-0.25, -0.2) is 0 Å². The van der Waals surface area contributed by atoms with Gasteiger partial charge in [0.2, 0.25) is 5.91 Å². The van der Waals surface area contributed by atoms with E-state index in [1.165, 1.54) is 0 Å². The van der Waals surface area contributed by atoms with Crippen molar-refractivity contribution in [2.75, 3.05) is 19.6 Å². The van der Waals surface area contributed by atoms with Crippen molar-refractivity contribution < 1.29 is 9.59 Å². The molecule has 1 aliphatic heterocycles. The topological polar surface area (TPSA) is 109 Å². The monoisotopic (exact) mass is 417 g/mol. The van der Waals surface area contributed by atoms with Gasteiger partial charge in [-0.3, -0.25) is 14.6 Å². The summed E-state index contributed by atoms with van der Waals surface area (Å²) in [6, 6.07) is 7.14. The first-order chi connectivity index (χ1) is 10.1. The maximum absolute atomic E-state index is 11.7. The predicted molar refractivity (Wildman–Crippen MR) is 95.1 cm³/mol. The number of nitrogens with one attached hydrogen (secondary N) is 3. The second-order valence-electron chi connectivity index (χ2n) is 4.71. The second kappa shape index (κ2) is 9.23. The minimum Gasteiger partial charge on any atom is -0.368 e. The van der Waals surface area contributed by atoms with Gasteiger partial charge in [-0.1, -0.05) is 12.1 Å². The lowest BCUT2D eigenvalue weighted by Crippen LogP contribution is -2.40. The van der Waals surface area contributed by atoms with Crippen molar-refractivity contribution >= 4 is 41.8 Å². The molecule has 7 nitrogen and oxygen atoms in total. The van der Waals surface area contributed by atoms with E-state index in [1.54, 1.807) is 12.1 Å². The Labute approximate surface area is 146 Å². The van der Waals surface area contributed by atoms with Gasteiger partial charge in [0.1, 0.15) is 0 Å². The largest absolute Gasteiger partial charge is 0.368 e. The highest BCUT2D eigenvalue weighted by molar-refractivity contribution is 14.0. The molecule has 22 heavy (non-hydrogen) atoms. The molecule has 0 saturated heterocycles. The van der Waals surface area contributed by atoms with Gasteiger partial charge in [0.05, 0.1) is 6.54 Å². The smallest absolute Gasteiger partial charge is 0.251 e. The van der Waals surface area contributed by atoms with E-state index in [0.717, 1.165) is 31.0 Å². The molecule has 1 aliphatic rings. The normalized spacial score (nSPS) is 13.2. The summed E-state index contributed by atoms with van der Waals surface area (Å²) in [4.78, 5) is 26.6. The average molecular weight is 417 g/mol. The van der Waals surface area contributed by atoms with Crippen LogP contribution in [0.25, 0.3) is 0 Å². The predicted octanol–water partition coefficient (Wildman–Crippen LogP) is -0.0414. The molecule has 0 unspecified atom stereocenters. The fourth-order valence-corrected chi connectivity index (χ4v) is 1.88. The zero-order chi connectivity index (χ0) is 15.1. The molecular weight excluding hydrogens is 397 g/mol. The average Bonchev–Trinajstić information content (AvgIpc) is 2.52. The van der Waals surface area contributed by atoms with Gasteiger partial charge in [0.15, 0.2) is 5.96 Å². The molecule has 0 fully saturated rings. The van der Waals surface area contributed by atoms with Gasteiger partial charge in [-0.05, 0) is 24.1 Å². The minimum atomic E-state index is -0.565. The summed E-state index contributed by atoms with van der Waals surface area (Å²) in [5.41, 5.74) is 6.51. The van der Waals surface area contributed by atoms with Crippen LogP contribution in [0.2, 0.25) is 0 Å². The number of hydrogen-bond acceptors (Lipinski definition) is 5. The Morgan fingerprint density at radius 3 is 2.59 bits per heavy atom. The lowest BCUT2D eigenvalue weighted by Gasteiger charge is -2.16. The van der Waals surface area contributed by atoms with Crippen molar-refractivity contribution in [3.8, 4) is 0 Å². The van der Waals surface area contributed by atoms with Gasteiger partial charge in [-0.2, -0.15) is 0 Å². The quantitative estimate of drug-likeness (QED) is 0.504. The van der Waals surface area contributed by atoms with Crippen molar-refractivity contribution in [2.24, 2.45) is 10.7 Å². The van der Waals surface area contributed by atoms with Gasteiger partial charge in [0.25, 0.3) is 5.91 Å². The fourth-order valence-electron chi connectivity index (χ4n) is 1.88. The summed E-state index contributed by atoms with van der Waals surface area (Å²) >= 11 is 0. The molecule has 0 bridgehead atoms. The number of amides is 2. The van der Waals surface area contributed by atoms with Crippen molar-refractivity contribution in [3.05, 3.63) is 35.4 Å². The summed E-state index contributed by atoms with van der Waals surface area (Å²) in [5, 5.41) is 8.82. The molecule has 5 N–H and O–H groups in total. The minimum absolute atomic E-state index is 0. The number of nitrogens with zero attached hydrogens (tertiary/aromatic N) is 1. The zero-order valence-electron chi connectivity index (χ0n) is 12.1. The van der Waals surface area contributed by atoms with Gasteiger partial charge >= 0.3 is 0 Å². The Bertz CT molecular complexity index is 545. The molecular formula is C14H20IN5O2. The van der Waals surface area contributed by atoms with Crippen molar-refractivity contribution in [3.63, 3.8) is 0 Å². The molecule has 8 heteroatoms. The molecule has 2 amide bonds. The number of primary amides is 1. The lowest BCUT2D eigenvalue weighted by molar-refractivity contribution is -0.117. The molecule has 1 heterocycles. The molecule has 0 saturated carbocycles. The Hall–Kier alpha value is -1.84. The second-order valence-corrected chi connectivity index (χ2v) is 4.71. The number of guanidine groups is 1. The third kappa shape index (κ3) is 5.88. The number of nitrogens with two attached hydrogens (primary N) is 1. The van der Waals surface area contributed by atoms with E-state index in [9.17, 15) is 9.59 Å². The number of halogens is 1. The first-order valence-electron chi connectivity index (χ1n) is 6.83. The van der Waals surface area contributed by atoms with Crippen LogP contribution in [0.15, 0.2) is 29.3 Å². The van der Waals surface area contributed by atoms with Crippen LogP contribution in [0, 0.1) is 0 Å². The molecule has 0 radical (unpaired) electrons. The third-order valence-electron chi connectivity index (χ3n) is 3.00. The standard InChI is InChI=1S/C14H19N5O2.HI/c15-12(20)9-18-13(21)11-4-2-10(3-5-11)8-19-14-16-6-1-7-17-14;/h2-5H,1,6-9H2,(H2,15,20)(H,18,21)(H2,16,17,19);1H. The molecule has 1 aromatic carbocycles. The fraction of sp³-hybridized carbons (Fsp3) is 0.357. The molecule has 1 aromatic rings. The molecule has 0 aliphatic carbocycles. The molecule has 120 valence electrons. The highest BCUT2D eigenvalue weighted by atomic mass is 127. The Kier molecular flexibility index (Phi) is 7.64. The lowest BCUT2D eigenvalue weighted by atomic mass is 10.1. The van der Waals surface area contributed by atoms with E-state index in [2.05, 4.69) is 20.9 Å². The van der Waals surface area contributed by atoms with Crippen LogP contribution in [0.4, 0.5) is 0 Å². The van der Waals surface area contributed by atoms with Crippen molar-refractivity contribution in [2.45, 2.75) is 13.0 Å². The van der Waals surface area contributed by atoms with Crippen molar-refractivity contribution in [1.82, 2.24) is 16.0 Å². The van der Waals surface area contributed by atoms with Crippen LogP contribution in [-0.2, 0) is 11.3 Å². The number of carbonyl (C=O) groups is 2. The van der Waals surface area contributed by atoms with Crippen LogP contribution in [0.1, 0.15) is 22.3 Å². The molecule has 0 atom stereocenters. The molecule has 0 spiro atoms. The van der Waals surface area contributed by atoms with Gasteiger partial charge < -0.3 is 21.7 Å². The highest BCUT2D eigenvalue weighted by Gasteiger charge is 2.07. The molecule has 2 rings (SSSR count). The van der Waals surface area contributed by atoms with E-state index in [1.807, 2.05) is 12.1 Å². The Morgan fingerprint density at radius 1 is 1.27 bits per heavy atom. The maximum atomic E-state index is 11.7. The van der Waals surface area contributed by atoms with Crippen LogP contribution in [-0.4, -0.2) is 37.4 Å². The van der Waals surface area contributed by atoms with E-state index in [0.29, 0.717) is 12.1 Å². The number of carbonyl (C=O) groups excluding carboxylic acids is 2. The van der Waals surface area contributed by atoms with Gasteiger partial charge in [-0.15, -0.1) is 24.0 Å². The molecule has 0 aromatic heterocycles. The Balaban J connectivity index is 0.00000242. The summed E-state index contributed by atoms with van der Waals surface area (Å²) < 4.78 is 0. The summed E-state index contributed by atoms with van der Waals surface area (Å²) in [7, 11) is 0. The maximum Gasteiger partial charge on any atom is 0.251 e. The number of rotatable bonds is 5. The number of benzene rings is 1. The SMILES string of the molecule is I.NC(=O)CNC(=O)c1ccc(CNC2=NCCCN2)cc1. The van der Waals surface area contributed by atoms with Crippen molar-refractivity contribution in [1.29, 1.82) is 0 Å². The summed E-state index contributed by atoms with van der Waals surface area (Å²) in [5.74, 6) is -0.0684. The number of hydrogen-bond donors (Lipinski definition) is 4. The Morgan fingerprint density at radius 2 is 2.00 bits per heavy atom. The van der Waals surface area contributed by atoms with Crippen LogP contribution >= 0.6 is 24.0 Å². The van der Waals surface area contributed by atoms with E-state index in [4.69, 9.17) is 5.73 Å². The first-order valence-corrected chi connectivity index (χ1v) is 6.83. The third-order valence-corrected chi connectivity index (χ3v) is 3.00. The van der Waals surface area contributed by atoms with E-state index < -0.39 is 5.91 Å². The first kappa shape index (κ1) is 18.2. The highest BCUT2D eigenvalue weighted by Crippen LogP contribution is 2.04. The van der Waals surface area contributed by atoms with E-state index >= 15 is 0 Å².